The van der Waals surface area contributed by atoms with E-state index in [2.05, 4.69) is 25.4 Å². The second-order valence-corrected chi connectivity index (χ2v) is 14.6. The first-order chi connectivity index (χ1) is 21.7. The molecular formula is C28H30F3N7O6S2. The van der Waals surface area contributed by atoms with Crippen molar-refractivity contribution in [2.45, 2.75) is 59.6 Å². The fourth-order valence-electron chi connectivity index (χ4n) is 4.21. The molecule has 18 heteroatoms. The maximum Gasteiger partial charge on any atom is 0.423 e. The smallest absolute Gasteiger partial charge is 0.423 e. The topological polar surface area (TPSA) is 182 Å². The van der Waals surface area contributed by atoms with Gasteiger partial charge in [0.1, 0.15) is 30.4 Å². The van der Waals surface area contributed by atoms with Crippen molar-refractivity contribution >= 4 is 31.4 Å². The average Bonchev–Trinajstić information content (AvgIpc) is 3.73. The predicted molar refractivity (Wildman–Crippen MR) is 159 cm³/mol. The fourth-order valence-corrected chi connectivity index (χ4v) is 6.98. The Morgan fingerprint density at radius 3 is 2.37 bits per heavy atom. The van der Waals surface area contributed by atoms with E-state index < -0.39 is 49.6 Å². The van der Waals surface area contributed by atoms with Crippen molar-refractivity contribution in [3.05, 3.63) is 78.5 Å². The summed E-state index contributed by atoms with van der Waals surface area (Å²) < 4.78 is 98.5. The molecule has 46 heavy (non-hydrogen) atoms. The normalized spacial score (nSPS) is 16.4. The summed E-state index contributed by atoms with van der Waals surface area (Å²) in [5.41, 5.74) is -0.0903. The zero-order chi connectivity index (χ0) is 33.1. The summed E-state index contributed by atoms with van der Waals surface area (Å²) in [5, 5.41) is 16.8. The van der Waals surface area contributed by atoms with Crippen molar-refractivity contribution in [1.82, 2.24) is 24.1 Å². The Labute approximate surface area is 262 Å². The molecule has 0 aliphatic heterocycles. The van der Waals surface area contributed by atoms with Gasteiger partial charge in [-0.25, -0.2) is 19.0 Å². The molecule has 0 bridgehead atoms. The second kappa shape index (κ2) is 13.3. The summed E-state index contributed by atoms with van der Waals surface area (Å²) in [6, 6.07) is 12.2. The molecule has 1 aliphatic carbocycles. The lowest BCUT2D eigenvalue weighted by atomic mass is 10.2. The number of hydrogen-bond donors (Lipinski definition) is 3. The SMILES string of the molecule is C[C@@H](Oc1nc(Nc2ccc(S(=N)(=O)C3CC3)cc2)ncc1C(F)(F)F)[C@H](O)COCCc1ccc(S(=O)(=O)n2cncn2)cc1. The van der Waals surface area contributed by atoms with Gasteiger partial charge in [-0.2, -0.15) is 26.6 Å². The molecule has 4 aromatic rings. The zero-order valence-corrected chi connectivity index (χ0v) is 25.9. The van der Waals surface area contributed by atoms with Gasteiger partial charge >= 0.3 is 6.18 Å². The minimum atomic E-state index is -4.84. The number of nitrogens with zero attached hydrogens (tertiary/aromatic N) is 5. The third-order valence-corrected chi connectivity index (χ3v) is 11.0. The first-order valence-corrected chi connectivity index (χ1v) is 17.0. The highest BCUT2D eigenvalue weighted by Gasteiger charge is 2.37. The summed E-state index contributed by atoms with van der Waals surface area (Å²) in [5.74, 6) is -1.00. The minimum Gasteiger partial charge on any atom is -0.471 e. The van der Waals surface area contributed by atoms with Crippen molar-refractivity contribution in [3.63, 3.8) is 0 Å². The third-order valence-electron chi connectivity index (χ3n) is 7.04. The van der Waals surface area contributed by atoms with E-state index in [4.69, 9.17) is 14.3 Å². The second-order valence-electron chi connectivity index (χ2n) is 10.5. The lowest BCUT2D eigenvalue weighted by Gasteiger charge is -2.22. The molecule has 13 nitrogen and oxygen atoms in total. The van der Waals surface area contributed by atoms with Gasteiger partial charge in [0.2, 0.25) is 11.8 Å². The number of ether oxygens (including phenoxy) is 2. The van der Waals surface area contributed by atoms with Crippen LogP contribution >= 0.6 is 0 Å². The van der Waals surface area contributed by atoms with Gasteiger partial charge in [0.25, 0.3) is 10.0 Å². The van der Waals surface area contributed by atoms with Crippen LogP contribution in [0.4, 0.5) is 24.8 Å². The van der Waals surface area contributed by atoms with E-state index in [0.29, 0.717) is 23.2 Å². The fraction of sp³-hybridized carbons (Fsp3) is 0.357. The number of hydrogen-bond acceptors (Lipinski definition) is 12. The van der Waals surface area contributed by atoms with Gasteiger partial charge < -0.3 is 19.9 Å². The van der Waals surface area contributed by atoms with Crippen molar-refractivity contribution in [3.8, 4) is 5.88 Å². The standard InChI is InChI=1S/C28H30F3N7O6S2/c1-18(25(39)15-43-13-12-19-2-6-23(7-3-19)46(41,42)38-17-33-16-35-38)44-26-24(28(29,30)31)14-34-27(37-26)36-20-4-8-21(9-5-20)45(32,40)22-10-11-22/h2-9,14,16-18,22,25,32,39H,10-13,15H2,1H3,(H,34,36,37)/t18-,25-,45?/m1/s1. The molecule has 0 amide bonds. The van der Waals surface area contributed by atoms with E-state index in [-0.39, 0.29) is 29.3 Å². The number of aliphatic hydroxyl groups excluding tert-OH is 1. The number of anilines is 2. The lowest BCUT2D eigenvalue weighted by Crippen LogP contribution is -2.34. The lowest BCUT2D eigenvalue weighted by molar-refractivity contribution is -0.140. The van der Waals surface area contributed by atoms with Crippen LogP contribution in [0.3, 0.4) is 0 Å². The Hall–Kier alpha value is -4.13. The van der Waals surface area contributed by atoms with Gasteiger partial charge in [-0.1, -0.05) is 12.1 Å². The van der Waals surface area contributed by atoms with E-state index in [0.717, 1.165) is 35.1 Å². The molecule has 3 N–H and O–H groups in total. The summed E-state index contributed by atoms with van der Waals surface area (Å²) in [4.78, 5) is 11.6. The number of aliphatic hydroxyl groups is 1. The van der Waals surface area contributed by atoms with Gasteiger partial charge in [-0.05, 0) is 68.1 Å². The quantitative estimate of drug-likeness (QED) is 0.164. The Morgan fingerprint density at radius 1 is 1.09 bits per heavy atom. The molecule has 5 rings (SSSR count). The monoisotopic (exact) mass is 681 g/mol. The predicted octanol–water partition coefficient (Wildman–Crippen LogP) is 4.02. The van der Waals surface area contributed by atoms with Gasteiger partial charge in [0, 0.05) is 22.0 Å². The van der Waals surface area contributed by atoms with Crippen molar-refractivity contribution in [1.29, 1.82) is 4.78 Å². The molecule has 246 valence electrons. The van der Waals surface area contributed by atoms with Crippen LogP contribution in [-0.4, -0.2) is 72.5 Å². The van der Waals surface area contributed by atoms with Crippen LogP contribution in [0.2, 0.25) is 0 Å². The molecular weight excluding hydrogens is 651 g/mol. The molecule has 0 spiro atoms. The number of nitrogens with one attached hydrogen (secondary N) is 2. The van der Waals surface area contributed by atoms with Gasteiger partial charge in [0.05, 0.1) is 27.8 Å². The van der Waals surface area contributed by atoms with E-state index >= 15 is 0 Å². The maximum absolute atomic E-state index is 13.7. The molecule has 2 aromatic heterocycles. The van der Waals surface area contributed by atoms with Crippen molar-refractivity contribution < 1.29 is 40.4 Å². The van der Waals surface area contributed by atoms with Crippen LogP contribution in [0.5, 0.6) is 5.88 Å². The average molecular weight is 682 g/mol. The highest BCUT2D eigenvalue weighted by atomic mass is 32.2. The van der Waals surface area contributed by atoms with Crippen LogP contribution in [0, 0.1) is 4.78 Å². The largest absolute Gasteiger partial charge is 0.471 e. The van der Waals surface area contributed by atoms with Crippen molar-refractivity contribution in [2.24, 2.45) is 0 Å². The number of benzene rings is 2. The Morgan fingerprint density at radius 2 is 1.76 bits per heavy atom. The van der Waals surface area contributed by atoms with E-state index in [1.165, 1.54) is 43.3 Å². The van der Waals surface area contributed by atoms with Crippen LogP contribution < -0.4 is 10.1 Å². The van der Waals surface area contributed by atoms with Crippen LogP contribution in [-0.2, 0) is 37.1 Å². The summed E-state index contributed by atoms with van der Waals surface area (Å²) in [7, 11) is -6.76. The van der Waals surface area contributed by atoms with E-state index in [1.54, 1.807) is 12.1 Å². The number of alkyl halides is 3. The number of aromatic nitrogens is 5. The highest BCUT2D eigenvalue weighted by molar-refractivity contribution is 7.93. The molecule has 1 aliphatic rings. The number of halogens is 3. The minimum absolute atomic E-state index is 0.0208. The van der Waals surface area contributed by atoms with Crippen molar-refractivity contribution in [2.75, 3.05) is 18.5 Å². The third kappa shape index (κ3) is 7.80. The molecule has 0 radical (unpaired) electrons. The first kappa shape index (κ1) is 33.2. The molecule has 3 atom stereocenters. The van der Waals surface area contributed by atoms with Crippen LogP contribution in [0.25, 0.3) is 0 Å². The number of rotatable bonds is 14. The Kier molecular flexibility index (Phi) is 9.62. The first-order valence-electron chi connectivity index (χ1n) is 14.0. The summed E-state index contributed by atoms with van der Waals surface area (Å²) in [6.45, 7) is 1.24. The van der Waals surface area contributed by atoms with Crippen LogP contribution in [0.15, 0.2) is 77.2 Å². The Balaban J connectivity index is 1.16. The Bertz CT molecular complexity index is 1850. The summed E-state index contributed by atoms with van der Waals surface area (Å²) in [6.07, 6.45) is -2.71. The van der Waals surface area contributed by atoms with Gasteiger partial charge in [-0.15, -0.1) is 9.19 Å². The molecule has 1 unspecified atom stereocenters. The molecule has 2 aromatic carbocycles. The molecule has 0 saturated heterocycles. The molecule has 1 fully saturated rings. The van der Waals surface area contributed by atoms with Gasteiger partial charge in [-0.3, -0.25) is 0 Å². The molecule has 1 saturated carbocycles. The highest BCUT2D eigenvalue weighted by Crippen LogP contribution is 2.37. The summed E-state index contributed by atoms with van der Waals surface area (Å²) >= 11 is 0. The zero-order valence-electron chi connectivity index (χ0n) is 24.3. The van der Waals surface area contributed by atoms with E-state index in [1.807, 2.05) is 0 Å². The van der Waals surface area contributed by atoms with E-state index in [9.17, 15) is 30.9 Å². The maximum atomic E-state index is 13.7. The van der Waals surface area contributed by atoms with Gasteiger partial charge in [0.15, 0.2) is 0 Å². The van der Waals surface area contributed by atoms with Crippen LogP contribution in [0.1, 0.15) is 30.9 Å². The molecule has 2 heterocycles.